The monoisotopic (exact) mass is 351 g/mol. The van der Waals surface area contributed by atoms with Crippen molar-refractivity contribution in [2.45, 2.75) is 12.5 Å². The number of nitrogens with one attached hydrogen (secondary N) is 2. The molecule has 2 aromatic heterocycles. The van der Waals surface area contributed by atoms with E-state index in [0.29, 0.717) is 23.4 Å². The molecule has 2 amide bonds. The number of carbonyl (C=O) groups is 2. The lowest BCUT2D eigenvalue weighted by Gasteiger charge is -2.21. The largest absolute Gasteiger partial charge is 0.397 e. The predicted molar refractivity (Wildman–Crippen MR) is 101 cm³/mol. The summed E-state index contributed by atoms with van der Waals surface area (Å²) in [5.74, 6) is -0.529. The molecule has 0 unspecified atom stereocenters. The van der Waals surface area contributed by atoms with Crippen LogP contribution in [0.15, 0.2) is 48.7 Å². The Bertz CT molecular complexity index is 934. The number of H-pyrrole nitrogens is 1. The highest BCUT2D eigenvalue weighted by atomic mass is 16.2. The highest BCUT2D eigenvalue weighted by Crippen LogP contribution is 2.16. The van der Waals surface area contributed by atoms with Crippen molar-refractivity contribution in [1.82, 2.24) is 20.2 Å². The first-order valence-electron chi connectivity index (χ1n) is 8.24. The fourth-order valence-corrected chi connectivity index (χ4v) is 2.75. The zero-order valence-electron chi connectivity index (χ0n) is 14.7. The number of nitrogens with two attached hydrogens (primary N) is 1. The normalized spacial score (nSPS) is 11.9. The van der Waals surface area contributed by atoms with E-state index in [2.05, 4.69) is 15.3 Å². The van der Waals surface area contributed by atoms with E-state index in [9.17, 15) is 9.59 Å². The molecule has 7 nitrogen and oxygen atoms in total. The summed E-state index contributed by atoms with van der Waals surface area (Å²) in [6.45, 7) is 0. The van der Waals surface area contributed by atoms with Crippen LogP contribution in [-0.2, 0) is 11.2 Å². The molecular formula is C19H21N5O2. The highest BCUT2D eigenvalue weighted by Gasteiger charge is 2.24. The third-order valence-electron chi connectivity index (χ3n) is 4.06. The van der Waals surface area contributed by atoms with Crippen molar-refractivity contribution in [3.05, 3.63) is 59.9 Å². The fourth-order valence-electron chi connectivity index (χ4n) is 2.75. The summed E-state index contributed by atoms with van der Waals surface area (Å²) >= 11 is 0. The summed E-state index contributed by atoms with van der Waals surface area (Å²) in [5.41, 5.74) is 8.12. The summed E-state index contributed by atoms with van der Waals surface area (Å²) in [7, 11) is 3.34. The van der Waals surface area contributed by atoms with Crippen LogP contribution in [0.2, 0.25) is 0 Å². The van der Waals surface area contributed by atoms with Crippen molar-refractivity contribution in [3.63, 3.8) is 0 Å². The van der Waals surface area contributed by atoms with E-state index in [0.717, 1.165) is 10.9 Å². The van der Waals surface area contributed by atoms with Crippen LogP contribution in [0.3, 0.4) is 0 Å². The lowest BCUT2D eigenvalue weighted by Crippen LogP contribution is -2.47. The molecular weight excluding hydrogens is 330 g/mol. The van der Waals surface area contributed by atoms with E-state index in [1.165, 1.54) is 11.1 Å². The van der Waals surface area contributed by atoms with E-state index < -0.39 is 6.04 Å². The molecule has 0 saturated heterocycles. The summed E-state index contributed by atoms with van der Waals surface area (Å²) in [6, 6.07) is 12.3. The van der Waals surface area contributed by atoms with Gasteiger partial charge in [0.2, 0.25) is 5.91 Å². The van der Waals surface area contributed by atoms with Gasteiger partial charge in [0.1, 0.15) is 17.4 Å². The molecule has 7 heteroatoms. The standard InChI is InChI=1S/C19H21N5O2/c1-24(2)19(26)16(8-12-6-4-3-5-7-12)23-18(25)15-10-13-9-14(20)11-21-17(13)22-15/h3-7,9-11,16H,8,20H2,1-2H3,(H,21,22)(H,23,25)/t16-/m0/s1. The van der Waals surface area contributed by atoms with Crippen LogP contribution in [0.1, 0.15) is 16.1 Å². The van der Waals surface area contributed by atoms with Gasteiger partial charge in [-0.15, -0.1) is 0 Å². The summed E-state index contributed by atoms with van der Waals surface area (Å²) in [4.78, 5) is 33.7. The molecule has 1 aromatic carbocycles. The second-order valence-corrected chi connectivity index (χ2v) is 6.34. The van der Waals surface area contributed by atoms with Crippen LogP contribution in [0.4, 0.5) is 5.69 Å². The topological polar surface area (TPSA) is 104 Å². The Hall–Kier alpha value is -3.35. The minimum Gasteiger partial charge on any atom is -0.397 e. The Morgan fingerprint density at radius 2 is 1.96 bits per heavy atom. The Labute approximate surface area is 151 Å². The molecule has 0 aliphatic rings. The van der Waals surface area contributed by atoms with Gasteiger partial charge in [-0.3, -0.25) is 9.59 Å². The molecule has 0 aliphatic heterocycles. The third-order valence-corrected chi connectivity index (χ3v) is 4.06. The van der Waals surface area contributed by atoms with Gasteiger partial charge in [-0.1, -0.05) is 30.3 Å². The number of anilines is 1. The van der Waals surface area contributed by atoms with Crippen LogP contribution in [0, 0.1) is 0 Å². The average Bonchev–Trinajstić information content (AvgIpc) is 3.04. The number of amides is 2. The SMILES string of the molecule is CN(C)C(=O)[C@H](Cc1ccccc1)NC(=O)c1cc2cc(N)cnc2[nH]1. The number of carbonyl (C=O) groups excluding carboxylic acids is 2. The maximum Gasteiger partial charge on any atom is 0.268 e. The maximum atomic E-state index is 12.7. The molecule has 0 fully saturated rings. The summed E-state index contributed by atoms with van der Waals surface area (Å²) in [5, 5.41) is 3.56. The molecule has 2 heterocycles. The third kappa shape index (κ3) is 3.83. The number of aromatic amines is 1. The number of nitrogens with zero attached hydrogens (tertiary/aromatic N) is 2. The summed E-state index contributed by atoms with van der Waals surface area (Å²) < 4.78 is 0. The van der Waals surface area contributed by atoms with Gasteiger partial charge in [0, 0.05) is 25.9 Å². The van der Waals surface area contributed by atoms with E-state index in [1.807, 2.05) is 30.3 Å². The lowest BCUT2D eigenvalue weighted by atomic mass is 10.0. The number of pyridine rings is 1. The van der Waals surface area contributed by atoms with Gasteiger partial charge in [0.05, 0.1) is 11.9 Å². The Kier molecular flexibility index (Phi) is 4.88. The molecule has 0 spiro atoms. The van der Waals surface area contributed by atoms with Crippen LogP contribution in [0.25, 0.3) is 11.0 Å². The van der Waals surface area contributed by atoms with Crippen LogP contribution in [0.5, 0.6) is 0 Å². The number of nitrogen functional groups attached to an aromatic ring is 1. The first-order valence-corrected chi connectivity index (χ1v) is 8.24. The van der Waals surface area contributed by atoms with Gasteiger partial charge < -0.3 is 20.9 Å². The maximum absolute atomic E-state index is 12.7. The number of hydrogen-bond acceptors (Lipinski definition) is 4. The van der Waals surface area contributed by atoms with Crippen molar-refractivity contribution < 1.29 is 9.59 Å². The second-order valence-electron chi connectivity index (χ2n) is 6.34. The zero-order chi connectivity index (χ0) is 18.7. The van der Waals surface area contributed by atoms with E-state index in [4.69, 9.17) is 5.73 Å². The Morgan fingerprint density at radius 3 is 2.65 bits per heavy atom. The second kappa shape index (κ2) is 7.26. The van der Waals surface area contributed by atoms with Gasteiger partial charge >= 0.3 is 0 Å². The number of benzene rings is 1. The molecule has 3 aromatic rings. The quantitative estimate of drug-likeness (QED) is 0.649. The van der Waals surface area contributed by atoms with Gasteiger partial charge in [0.15, 0.2) is 0 Å². The van der Waals surface area contributed by atoms with Crippen molar-refractivity contribution >= 4 is 28.5 Å². The van der Waals surface area contributed by atoms with E-state index in [-0.39, 0.29) is 11.8 Å². The molecule has 3 rings (SSSR count). The number of aromatic nitrogens is 2. The molecule has 0 saturated carbocycles. The van der Waals surface area contributed by atoms with Gasteiger partial charge in [0.25, 0.3) is 5.91 Å². The predicted octanol–water partition coefficient (Wildman–Crippen LogP) is 1.57. The Balaban J connectivity index is 1.82. The molecule has 0 radical (unpaired) electrons. The number of likely N-dealkylation sites (N-methyl/N-ethyl adjacent to an activating group) is 1. The van der Waals surface area contributed by atoms with Gasteiger partial charge in [-0.25, -0.2) is 4.98 Å². The molecule has 26 heavy (non-hydrogen) atoms. The molecule has 1 atom stereocenters. The summed E-state index contributed by atoms with van der Waals surface area (Å²) in [6.07, 6.45) is 1.93. The van der Waals surface area contributed by atoms with E-state index in [1.54, 1.807) is 26.2 Å². The van der Waals surface area contributed by atoms with Crippen LogP contribution < -0.4 is 11.1 Å². The molecule has 0 aliphatic carbocycles. The van der Waals surface area contributed by atoms with Crippen LogP contribution in [-0.4, -0.2) is 46.8 Å². The van der Waals surface area contributed by atoms with E-state index >= 15 is 0 Å². The van der Waals surface area contributed by atoms with Crippen molar-refractivity contribution in [2.75, 3.05) is 19.8 Å². The average molecular weight is 351 g/mol. The first-order chi connectivity index (χ1) is 12.4. The van der Waals surface area contributed by atoms with Gasteiger partial charge in [-0.05, 0) is 17.7 Å². The minimum atomic E-state index is -0.663. The fraction of sp³-hybridized carbons (Fsp3) is 0.211. The van der Waals surface area contributed by atoms with Crippen LogP contribution >= 0.6 is 0 Å². The smallest absolute Gasteiger partial charge is 0.268 e. The zero-order valence-corrected chi connectivity index (χ0v) is 14.7. The highest BCUT2D eigenvalue weighted by molar-refractivity contribution is 5.99. The number of fused-ring (bicyclic) bond motifs is 1. The van der Waals surface area contributed by atoms with Crippen molar-refractivity contribution in [2.24, 2.45) is 0 Å². The lowest BCUT2D eigenvalue weighted by molar-refractivity contribution is -0.130. The van der Waals surface area contributed by atoms with Crippen molar-refractivity contribution in [1.29, 1.82) is 0 Å². The Morgan fingerprint density at radius 1 is 1.23 bits per heavy atom. The molecule has 0 bridgehead atoms. The van der Waals surface area contributed by atoms with Gasteiger partial charge in [-0.2, -0.15) is 0 Å². The van der Waals surface area contributed by atoms with Crippen molar-refractivity contribution in [3.8, 4) is 0 Å². The first kappa shape index (κ1) is 17.5. The molecule has 4 N–H and O–H groups in total. The number of hydrogen-bond donors (Lipinski definition) is 3. The molecule has 134 valence electrons. The minimum absolute atomic E-state index is 0.166. The number of rotatable bonds is 5.